The van der Waals surface area contributed by atoms with Crippen LogP contribution < -0.4 is 5.32 Å². The number of benzene rings is 1. The van der Waals surface area contributed by atoms with Crippen molar-refractivity contribution in [3.63, 3.8) is 0 Å². The molecule has 0 bridgehead atoms. The second-order valence-corrected chi connectivity index (χ2v) is 9.77. The maximum Gasteiger partial charge on any atom is 0.233 e. The highest BCUT2D eigenvalue weighted by Gasteiger charge is 2.34. The van der Waals surface area contributed by atoms with Gasteiger partial charge in [-0.15, -0.1) is 11.8 Å². The van der Waals surface area contributed by atoms with Gasteiger partial charge < -0.3 is 10.2 Å². The SMILES string of the molecule is CCCCN(C(=O)CSc1ccc(NC(C)=O)cc1)C1CCS(=O)(=O)C1. The molecule has 144 valence electrons. The minimum absolute atomic E-state index is 0.0171. The molecule has 8 heteroatoms. The molecule has 2 rings (SSSR count). The molecule has 1 fully saturated rings. The molecule has 1 aliphatic rings. The molecule has 1 aliphatic heterocycles. The van der Waals surface area contributed by atoms with Crippen LogP contribution in [0.25, 0.3) is 0 Å². The lowest BCUT2D eigenvalue weighted by Gasteiger charge is -2.28. The summed E-state index contributed by atoms with van der Waals surface area (Å²) in [7, 11) is -3.02. The summed E-state index contributed by atoms with van der Waals surface area (Å²) in [5.74, 6) is 0.388. The van der Waals surface area contributed by atoms with Crippen LogP contribution in [0, 0.1) is 0 Å². The molecule has 1 saturated heterocycles. The van der Waals surface area contributed by atoms with Crippen LogP contribution in [0.1, 0.15) is 33.1 Å². The summed E-state index contributed by atoms with van der Waals surface area (Å²) < 4.78 is 23.5. The number of hydrogen-bond acceptors (Lipinski definition) is 5. The Hall–Kier alpha value is -1.54. The first-order valence-electron chi connectivity index (χ1n) is 8.81. The molecule has 1 N–H and O–H groups in total. The van der Waals surface area contributed by atoms with Gasteiger partial charge in [-0.05, 0) is 37.1 Å². The molecule has 0 aliphatic carbocycles. The lowest BCUT2D eigenvalue weighted by atomic mass is 10.2. The van der Waals surface area contributed by atoms with Crippen LogP contribution in [0.2, 0.25) is 0 Å². The lowest BCUT2D eigenvalue weighted by Crippen LogP contribution is -2.42. The van der Waals surface area contributed by atoms with E-state index in [1.54, 1.807) is 17.0 Å². The molecule has 0 aromatic heterocycles. The van der Waals surface area contributed by atoms with Crippen LogP contribution in [-0.2, 0) is 19.4 Å². The number of hydrogen-bond donors (Lipinski definition) is 1. The first-order chi connectivity index (χ1) is 12.3. The molecule has 2 amide bonds. The van der Waals surface area contributed by atoms with E-state index in [1.807, 2.05) is 12.1 Å². The number of carbonyl (C=O) groups excluding carboxylic acids is 2. The van der Waals surface area contributed by atoms with Crippen molar-refractivity contribution in [3.8, 4) is 0 Å². The van der Waals surface area contributed by atoms with E-state index in [0.29, 0.717) is 18.7 Å². The Kier molecular flexibility index (Phi) is 7.52. The number of carbonyl (C=O) groups is 2. The van der Waals surface area contributed by atoms with E-state index in [0.717, 1.165) is 17.7 Å². The monoisotopic (exact) mass is 398 g/mol. The van der Waals surface area contributed by atoms with Crippen molar-refractivity contribution >= 4 is 39.1 Å². The summed E-state index contributed by atoms with van der Waals surface area (Å²) >= 11 is 1.42. The predicted octanol–water partition coefficient (Wildman–Crippen LogP) is 2.55. The average molecular weight is 399 g/mol. The largest absolute Gasteiger partial charge is 0.338 e. The molecule has 1 heterocycles. The van der Waals surface area contributed by atoms with Gasteiger partial charge >= 0.3 is 0 Å². The first kappa shape index (κ1) is 20.8. The molecule has 1 aromatic rings. The van der Waals surface area contributed by atoms with E-state index < -0.39 is 9.84 Å². The number of thioether (sulfide) groups is 1. The van der Waals surface area contributed by atoms with Crippen LogP contribution in [0.15, 0.2) is 29.2 Å². The van der Waals surface area contributed by atoms with E-state index in [-0.39, 0.29) is 35.1 Å². The highest BCUT2D eigenvalue weighted by Crippen LogP contribution is 2.23. The molecule has 0 spiro atoms. The fourth-order valence-corrected chi connectivity index (χ4v) is 5.44. The standard InChI is InChI=1S/C18H26N2O4S2/c1-3-4-10-20(16-9-11-26(23,24)13-16)18(22)12-25-17-7-5-15(6-8-17)19-14(2)21/h5-8,16H,3-4,9-13H2,1-2H3,(H,19,21). The van der Waals surface area contributed by atoms with E-state index in [4.69, 9.17) is 0 Å². The van der Waals surface area contributed by atoms with E-state index in [2.05, 4.69) is 12.2 Å². The Morgan fingerprint density at radius 1 is 1.27 bits per heavy atom. The van der Waals surface area contributed by atoms with Gasteiger partial charge in [-0.25, -0.2) is 8.42 Å². The zero-order valence-corrected chi connectivity index (χ0v) is 16.9. The molecular weight excluding hydrogens is 372 g/mol. The normalized spacial score (nSPS) is 18.5. The van der Waals surface area contributed by atoms with Gasteiger partial charge in [0.2, 0.25) is 11.8 Å². The van der Waals surface area contributed by atoms with Crippen LogP contribution in [-0.4, -0.2) is 55.0 Å². The van der Waals surface area contributed by atoms with Crippen molar-refractivity contribution < 1.29 is 18.0 Å². The molecule has 0 saturated carbocycles. The summed E-state index contributed by atoms with van der Waals surface area (Å²) in [4.78, 5) is 26.4. The fourth-order valence-electron chi connectivity index (χ4n) is 2.93. The number of nitrogens with one attached hydrogen (secondary N) is 1. The first-order valence-corrected chi connectivity index (χ1v) is 11.6. The molecule has 0 radical (unpaired) electrons. The Bertz CT molecular complexity index is 732. The van der Waals surface area contributed by atoms with E-state index >= 15 is 0 Å². The van der Waals surface area contributed by atoms with Crippen molar-refractivity contribution in [3.05, 3.63) is 24.3 Å². The summed E-state index contributed by atoms with van der Waals surface area (Å²) in [5.41, 5.74) is 0.717. The molecule has 6 nitrogen and oxygen atoms in total. The smallest absolute Gasteiger partial charge is 0.233 e. The third-order valence-electron chi connectivity index (χ3n) is 4.26. The Morgan fingerprint density at radius 2 is 1.96 bits per heavy atom. The fraction of sp³-hybridized carbons (Fsp3) is 0.556. The number of unbranched alkanes of at least 4 members (excludes halogenated alkanes) is 1. The number of amides is 2. The van der Waals surface area contributed by atoms with Crippen LogP contribution in [0.4, 0.5) is 5.69 Å². The van der Waals surface area contributed by atoms with E-state index in [9.17, 15) is 18.0 Å². The Balaban J connectivity index is 1.95. The maximum atomic E-state index is 12.7. The van der Waals surface area contributed by atoms with Crippen molar-refractivity contribution in [1.29, 1.82) is 0 Å². The highest BCUT2D eigenvalue weighted by molar-refractivity contribution is 8.00. The van der Waals surface area contributed by atoms with Crippen LogP contribution in [0.3, 0.4) is 0 Å². The second kappa shape index (κ2) is 9.41. The lowest BCUT2D eigenvalue weighted by molar-refractivity contribution is -0.130. The van der Waals surface area contributed by atoms with Gasteiger partial charge in [-0.3, -0.25) is 9.59 Å². The molecule has 1 aromatic carbocycles. The summed E-state index contributed by atoms with van der Waals surface area (Å²) in [6.45, 7) is 4.12. The topological polar surface area (TPSA) is 83.6 Å². The van der Waals surface area contributed by atoms with Crippen molar-refractivity contribution in [2.45, 2.75) is 44.0 Å². The van der Waals surface area contributed by atoms with Gasteiger partial charge in [0.05, 0.1) is 17.3 Å². The summed E-state index contributed by atoms with van der Waals surface area (Å²) in [6, 6.07) is 7.13. The average Bonchev–Trinajstić information content (AvgIpc) is 2.94. The summed E-state index contributed by atoms with van der Waals surface area (Å²) in [6.07, 6.45) is 2.37. The van der Waals surface area contributed by atoms with Gasteiger partial charge in [-0.2, -0.15) is 0 Å². The Labute approximate surface area is 159 Å². The summed E-state index contributed by atoms with van der Waals surface area (Å²) in [5, 5.41) is 2.70. The molecular formula is C18H26N2O4S2. The zero-order valence-electron chi connectivity index (χ0n) is 15.2. The second-order valence-electron chi connectivity index (χ2n) is 6.49. The number of sulfone groups is 1. The number of anilines is 1. The van der Waals surface area contributed by atoms with Crippen molar-refractivity contribution in [1.82, 2.24) is 4.90 Å². The highest BCUT2D eigenvalue weighted by atomic mass is 32.2. The maximum absolute atomic E-state index is 12.7. The number of nitrogens with zero attached hydrogens (tertiary/aromatic N) is 1. The zero-order chi connectivity index (χ0) is 19.2. The van der Waals surface area contributed by atoms with Gasteiger partial charge in [0.15, 0.2) is 9.84 Å². The van der Waals surface area contributed by atoms with Crippen molar-refractivity contribution in [2.24, 2.45) is 0 Å². The van der Waals surface area contributed by atoms with Gasteiger partial charge in [0, 0.05) is 30.1 Å². The van der Waals surface area contributed by atoms with Gasteiger partial charge in [-0.1, -0.05) is 13.3 Å². The quantitative estimate of drug-likeness (QED) is 0.681. The minimum atomic E-state index is -3.02. The molecule has 1 unspecified atom stereocenters. The molecule has 26 heavy (non-hydrogen) atoms. The van der Waals surface area contributed by atoms with Gasteiger partial charge in [0.25, 0.3) is 0 Å². The minimum Gasteiger partial charge on any atom is -0.338 e. The van der Waals surface area contributed by atoms with Gasteiger partial charge in [0.1, 0.15) is 0 Å². The third-order valence-corrected chi connectivity index (χ3v) is 7.01. The van der Waals surface area contributed by atoms with E-state index in [1.165, 1.54) is 18.7 Å². The molecule has 1 atom stereocenters. The number of rotatable bonds is 8. The van der Waals surface area contributed by atoms with Crippen LogP contribution in [0.5, 0.6) is 0 Å². The Morgan fingerprint density at radius 3 is 2.50 bits per heavy atom. The van der Waals surface area contributed by atoms with Crippen LogP contribution >= 0.6 is 11.8 Å². The predicted molar refractivity (Wildman–Crippen MR) is 105 cm³/mol. The van der Waals surface area contributed by atoms with Crippen molar-refractivity contribution in [2.75, 3.05) is 29.1 Å². The third kappa shape index (κ3) is 6.32.